The first-order chi connectivity index (χ1) is 12.8. The van der Waals surface area contributed by atoms with Crippen LogP contribution < -0.4 is 10.2 Å². The molecule has 6 nitrogen and oxygen atoms in total. The standard InChI is InChI=1S/C20H22N2O4S/c1-3-15-9-10-18-17(13-15)19(21-14(2)23)20(24)22(18)11-12-27(25,26)16-7-5-4-6-8-16/h4-10,13,19H,3,11-12H2,1-2H3,(H,21,23)/t19-/m0/s1. The second-order valence-corrected chi connectivity index (χ2v) is 8.61. The van der Waals surface area contributed by atoms with Crippen LogP contribution in [0.5, 0.6) is 0 Å². The number of anilines is 1. The van der Waals surface area contributed by atoms with Gasteiger partial charge in [0, 0.05) is 24.7 Å². The molecule has 0 aromatic heterocycles. The second kappa shape index (κ2) is 7.52. The summed E-state index contributed by atoms with van der Waals surface area (Å²) in [4.78, 5) is 26.1. The minimum absolute atomic E-state index is 0.0324. The fourth-order valence-electron chi connectivity index (χ4n) is 3.24. The Balaban J connectivity index is 1.88. The van der Waals surface area contributed by atoms with Crippen LogP contribution in [0.3, 0.4) is 0 Å². The molecule has 2 aromatic carbocycles. The zero-order valence-electron chi connectivity index (χ0n) is 15.3. The number of benzene rings is 2. The van der Waals surface area contributed by atoms with E-state index in [1.807, 2.05) is 25.1 Å². The van der Waals surface area contributed by atoms with Crippen molar-refractivity contribution in [2.75, 3.05) is 17.2 Å². The molecule has 0 saturated carbocycles. The van der Waals surface area contributed by atoms with E-state index >= 15 is 0 Å². The highest BCUT2D eigenvalue weighted by Gasteiger charge is 2.38. The molecule has 3 rings (SSSR count). The number of nitrogens with one attached hydrogen (secondary N) is 1. The quantitative estimate of drug-likeness (QED) is 0.825. The third kappa shape index (κ3) is 3.88. The second-order valence-electron chi connectivity index (χ2n) is 6.50. The van der Waals surface area contributed by atoms with Crippen LogP contribution in [0.1, 0.15) is 31.0 Å². The van der Waals surface area contributed by atoms with Gasteiger partial charge in [0.15, 0.2) is 9.84 Å². The van der Waals surface area contributed by atoms with E-state index in [0.29, 0.717) is 11.3 Å². The highest BCUT2D eigenvalue weighted by molar-refractivity contribution is 7.91. The lowest BCUT2D eigenvalue weighted by Crippen LogP contribution is -2.38. The van der Waals surface area contributed by atoms with E-state index in [2.05, 4.69) is 5.32 Å². The number of rotatable bonds is 6. The van der Waals surface area contributed by atoms with Crippen LogP contribution in [0.25, 0.3) is 0 Å². The molecule has 1 N–H and O–H groups in total. The predicted molar refractivity (Wildman–Crippen MR) is 103 cm³/mol. The van der Waals surface area contributed by atoms with Gasteiger partial charge in [-0.25, -0.2) is 8.42 Å². The molecule has 142 valence electrons. The van der Waals surface area contributed by atoms with E-state index in [-0.39, 0.29) is 29.0 Å². The van der Waals surface area contributed by atoms with E-state index in [1.54, 1.807) is 30.3 Å². The summed E-state index contributed by atoms with van der Waals surface area (Å²) in [6.45, 7) is 3.40. The number of nitrogens with zero attached hydrogens (tertiary/aromatic N) is 1. The monoisotopic (exact) mass is 386 g/mol. The van der Waals surface area contributed by atoms with Crippen LogP contribution in [0, 0.1) is 0 Å². The van der Waals surface area contributed by atoms with Crippen molar-refractivity contribution in [1.29, 1.82) is 0 Å². The smallest absolute Gasteiger partial charge is 0.254 e. The number of aryl methyl sites for hydroxylation is 1. The lowest BCUT2D eigenvalue weighted by molar-refractivity contribution is -0.126. The molecule has 7 heteroatoms. The van der Waals surface area contributed by atoms with Gasteiger partial charge in [-0.3, -0.25) is 9.59 Å². The third-order valence-electron chi connectivity index (χ3n) is 4.65. The summed E-state index contributed by atoms with van der Waals surface area (Å²) in [5, 5.41) is 2.68. The van der Waals surface area contributed by atoms with Crippen molar-refractivity contribution in [2.24, 2.45) is 0 Å². The Hall–Kier alpha value is -2.67. The molecule has 0 fully saturated rings. The number of carbonyl (C=O) groups excluding carboxylic acids is 2. The van der Waals surface area contributed by atoms with E-state index in [4.69, 9.17) is 0 Å². The zero-order valence-corrected chi connectivity index (χ0v) is 16.1. The number of hydrogen-bond acceptors (Lipinski definition) is 4. The lowest BCUT2D eigenvalue weighted by atomic mass is 10.0. The summed E-state index contributed by atoms with van der Waals surface area (Å²) >= 11 is 0. The summed E-state index contributed by atoms with van der Waals surface area (Å²) in [6, 6.07) is 13.0. The maximum atomic E-state index is 12.9. The summed E-state index contributed by atoms with van der Waals surface area (Å²) in [6.07, 6.45) is 0.802. The van der Waals surface area contributed by atoms with Crippen molar-refractivity contribution >= 4 is 27.3 Å². The molecule has 0 radical (unpaired) electrons. The topological polar surface area (TPSA) is 83.6 Å². The molecule has 2 aromatic rings. The first-order valence-electron chi connectivity index (χ1n) is 8.82. The average molecular weight is 386 g/mol. The maximum Gasteiger partial charge on any atom is 0.254 e. The largest absolute Gasteiger partial charge is 0.341 e. The van der Waals surface area contributed by atoms with Crippen molar-refractivity contribution in [3.8, 4) is 0 Å². The van der Waals surface area contributed by atoms with Gasteiger partial charge in [0.25, 0.3) is 5.91 Å². The molecule has 2 amide bonds. The normalized spacial score (nSPS) is 16.3. The Morgan fingerprint density at radius 2 is 1.85 bits per heavy atom. The molecular weight excluding hydrogens is 364 g/mol. The number of fused-ring (bicyclic) bond motifs is 1. The summed E-state index contributed by atoms with van der Waals surface area (Å²) < 4.78 is 25.1. The number of amides is 2. The Morgan fingerprint density at radius 3 is 2.48 bits per heavy atom. The number of carbonyl (C=O) groups is 2. The predicted octanol–water partition coefficient (Wildman–Crippen LogP) is 2.25. The molecule has 0 aliphatic carbocycles. The first kappa shape index (κ1) is 19.1. The molecule has 0 spiro atoms. The molecular formula is C20H22N2O4S. The molecule has 0 saturated heterocycles. The lowest BCUT2D eigenvalue weighted by Gasteiger charge is -2.18. The molecule has 1 heterocycles. The summed E-state index contributed by atoms with van der Waals surface area (Å²) in [7, 11) is -3.51. The van der Waals surface area contributed by atoms with E-state index in [1.165, 1.54) is 11.8 Å². The number of hydrogen-bond donors (Lipinski definition) is 1. The van der Waals surface area contributed by atoms with Crippen molar-refractivity contribution in [1.82, 2.24) is 5.32 Å². The van der Waals surface area contributed by atoms with E-state index < -0.39 is 15.9 Å². The van der Waals surface area contributed by atoms with Gasteiger partial charge >= 0.3 is 0 Å². The van der Waals surface area contributed by atoms with Crippen LogP contribution >= 0.6 is 0 Å². The van der Waals surface area contributed by atoms with Gasteiger partial charge in [-0.15, -0.1) is 0 Å². The molecule has 1 aliphatic heterocycles. The van der Waals surface area contributed by atoms with Gasteiger partial charge in [-0.05, 0) is 30.2 Å². The Morgan fingerprint density at radius 1 is 1.15 bits per heavy atom. The minimum Gasteiger partial charge on any atom is -0.341 e. The minimum atomic E-state index is -3.51. The highest BCUT2D eigenvalue weighted by Crippen LogP contribution is 2.36. The van der Waals surface area contributed by atoms with Gasteiger partial charge < -0.3 is 10.2 Å². The molecule has 1 atom stereocenters. The van der Waals surface area contributed by atoms with Gasteiger partial charge in [0.1, 0.15) is 6.04 Å². The molecule has 27 heavy (non-hydrogen) atoms. The Labute approximate surface area is 159 Å². The Kier molecular flexibility index (Phi) is 5.32. The number of sulfone groups is 1. The van der Waals surface area contributed by atoms with Crippen molar-refractivity contribution < 1.29 is 18.0 Å². The highest BCUT2D eigenvalue weighted by atomic mass is 32.2. The van der Waals surface area contributed by atoms with E-state index in [9.17, 15) is 18.0 Å². The van der Waals surface area contributed by atoms with Gasteiger partial charge in [-0.2, -0.15) is 0 Å². The van der Waals surface area contributed by atoms with Crippen molar-refractivity contribution in [3.63, 3.8) is 0 Å². The zero-order chi connectivity index (χ0) is 19.6. The molecule has 0 bridgehead atoms. The van der Waals surface area contributed by atoms with Crippen LogP contribution in [0.2, 0.25) is 0 Å². The maximum absolute atomic E-state index is 12.9. The molecule has 0 unspecified atom stereocenters. The Bertz CT molecular complexity index is 971. The summed E-state index contributed by atoms with van der Waals surface area (Å²) in [5.74, 6) is -0.804. The average Bonchev–Trinajstić information content (AvgIpc) is 2.91. The van der Waals surface area contributed by atoms with Crippen LogP contribution in [0.4, 0.5) is 5.69 Å². The van der Waals surface area contributed by atoms with E-state index in [0.717, 1.165) is 12.0 Å². The van der Waals surface area contributed by atoms with Crippen molar-refractivity contribution in [3.05, 3.63) is 59.7 Å². The fraction of sp³-hybridized carbons (Fsp3) is 0.300. The van der Waals surface area contributed by atoms with Crippen molar-refractivity contribution in [2.45, 2.75) is 31.2 Å². The van der Waals surface area contributed by atoms with Crippen LogP contribution in [-0.4, -0.2) is 32.5 Å². The van der Waals surface area contributed by atoms with Gasteiger partial charge in [0.2, 0.25) is 5.91 Å². The fourth-order valence-corrected chi connectivity index (χ4v) is 4.47. The van der Waals surface area contributed by atoms with Gasteiger partial charge in [-0.1, -0.05) is 37.3 Å². The summed E-state index contributed by atoms with van der Waals surface area (Å²) in [5.41, 5.74) is 2.42. The SMILES string of the molecule is CCc1ccc2c(c1)[C@H](NC(C)=O)C(=O)N2CCS(=O)(=O)c1ccccc1. The molecule has 1 aliphatic rings. The van der Waals surface area contributed by atoms with Gasteiger partial charge in [0.05, 0.1) is 10.6 Å². The van der Waals surface area contributed by atoms with Crippen LogP contribution in [0.15, 0.2) is 53.4 Å². The van der Waals surface area contributed by atoms with Crippen LogP contribution in [-0.2, 0) is 25.8 Å². The third-order valence-corrected chi connectivity index (χ3v) is 6.36. The first-order valence-corrected chi connectivity index (χ1v) is 10.5.